The van der Waals surface area contributed by atoms with E-state index in [4.69, 9.17) is 9.29 Å². The van der Waals surface area contributed by atoms with Crippen molar-refractivity contribution in [1.29, 1.82) is 0 Å². The Morgan fingerprint density at radius 2 is 1.21 bits per heavy atom. The third-order valence-electron chi connectivity index (χ3n) is 4.84. The monoisotopic (exact) mass is 429 g/mol. The van der Waals surface area contributed by atoms with Crippen molar-refractivity contribution in [3.05, 3.63) is 0 Å². The summed E-state index contributed by atoms with van der Waals surface area (Å²) in [5.74, 6) is 0.286. The fourth-order valence-electron chi connectivity index (χ4n) is 3.15. The van der Waals surface area contributed by atoms with Crippen LogP contribution in [0, 0.1) is 5.92 Å². The van der Waals surface area contributed by atoms with Gasteiger partial charge in [-0.15, -0.1) is 0 Å². The summed E-state index contributed by atoms with van der Waals surface area (Å²) in [5, 5.41) is 0. The van der Waals surface area contributed by atoms with Crippen LogP contribution in [-0.4, -0.2) is 24.4 Å². The van der Waals surface area contributed by atoms with Crippen LogP contribution in [-0.2, 0) is 19.6 Å². The fourth-order valence-corrected chi connectivity index (χ4v) is 3.80. The largest absolute Gasteiger partial charge is 1.00 e. The van der Waals surface area contributed by atoms with Crippen molar-refractivity contribution in [1.82, 2.24) is 0 Å². The van der Waals surface area contributed by atoms with E-state index in [0.29, 0.717) is 6.42 Å². The smallest absolute Gasteiger partial charge is 0.443 e. The van der Waals surface area contributed by atoms with Gasteiger partial charge in [0.2, 0.25) is 5.44 Å². The first kappa shape index (κ1) is 30.6. The van der Waals surface area contributed by atoms with E-state index in [1.807, 2.05) is 0 Å². The maximum absolute atomic E-state index is 11.6. The molecule has 1 N–H and O–H groups in total. The molecule has 1 unspecified atom stereocenters. The van der Waals surface area contributed by atoms with Crippen LogP contribution in [0.25, 0.3) is 0 Å². The normalized spacial score (nSPS) is 12.6. The molecular weight excluding hydrogens is 387 g/mol. The molecule has 0 aliphatic carbocycles. The predicted octanol–water partition coefficient (Wildman–Crippen LogP) is 3.27. The first-order valence-electron chi connectivity index (χ1n) is 10.9. The molecule has 1 atom stereocenters. The molecule has 0 saturated carbocycles. The van der Waals surface area contributed by atoms with Crippen molar-refractivity contribution in [3.63, 3.8) is 0 Å². The molecular formula is C21H42NaO5S+. The molecule has 5 nitrogen and oxygen atoms in total. The Labute approximate surface area is 195 Å². The Kier molecular flexibility index (Phi) is 21.1. The summed E-state index contributed by atoms with van der Waals surface area (Å²) >= 11 is 0. The van der Waals surface area contributed by atoms with Crippen molar-refractivity contribution in [3.8, 4) is 0 Å². The van der Waals surface area contributed by atoms with Gasteiger partial charge in [-0.2, -0.15) is 8.42 Å². The van der Waals surface area contributed by atoms with Crippen LogP contribution in [0.4, 0.5) is 0 Å². The predicted molar refractivity (Wildman–Crippen MR) is 111 cm³/mol. The molecule has 0 amide bonds. The van der Waals surface area contributed by atoms with E-state index in [1.54, 1.807) is 6.92 Å². The second-order valence-electron chi connectivity index (χ2n) is 8.02. The number of carbonyl (C=O) groups excluding carboxylic acids is 1. The van der Waals surface area contributed by atoms with Gasteiger partial charge in [0.25, 0.3) is 0 Å². The van der Waals surface area contributed by atoms with Gasteiger partial charge in [-0.25, -0.2) is 0 Å². The third-order valence-corrected chi connectivity index (χ3v) is 5.93. The Morgan fingerprint density at radius 1 is 0.821 bits per heavy atom. The summed E-state index contributed by atoms with van der Waals surface area (Å²) in [7, 11) is -4.31. The fraction of sp³-hybridized carbons (Fsp3) is 0.952. The van der Waals surface area contributed by atoms with Gasteiger partial charge in [0, 0.05) is 6.42 Å². The number of ether oxygens (including phenoxy) is 1. The van der Waals surface area contributed by atoms with E-state index in [1.165, 1.54) is 64.2 Å². The molecule has 0 aromatic rings. The van der Waals surface area contributed by atoms with Gasteiger partial charge >= 0.3 is 45.6 Å². The van der Waals surface area contributed by atoms with E-state index in [-0.39, 0.29) is 42.4 Å². The van der Waals surface area contributed by atoms with Crippen LogP contribution in [0.15, 0.2) is 0 Å². The van der Waals surface area contributed by atoms with E-state index >= 15 is 0 Å². The van der Waals surface area contributed by atoms with Crippen molar-refractivity contribution < 1.29 is 52.1 Å². The zero-order valence-corrected chi connectivity index (χ0v) is 21.6. The molecule has 0 spiro atoms. The molecule has 0 heterocycles. The van der Waals surface area contributed by atoms with Crippen LogP contribution in [0.1, 0.15) is 117 Å². The number of carbonyl (C=O) groups is 1. The van der Waals surface area contributed by atoms with E-state index in [9.17, 15) is 13.2 Å². The molecule has 0 aliphatic heterocycles. The molecule has 0 rings (SSSR count). The van der Waals surface area contributed by atoms with E-state index < -0.39 is 21.5 Å². The zero-order chi connectivity index (χ0) is 20.5. The SMILES string of the molecule is CCC(OC(=O)CCCCCCCCCCCCCCC(C)C)S(=O)(=O)O.[Na+]. The van der Waals surface area contributed by atoms with Gasteiger partial charge in [-0.1, -0.05) is 97.8 Å². The zero-order valence-electron chi connectivity index (χ0n) is 18.7. The van der Waals surface area contributed by atoms with Gasteiger partial charge in [-0.05, 0) is 18.8 Å². The summed E-state index contributed by atoms with van der Waals surface area (Å²) in [4.78, 5) is 11.6. The molecule has 0 bridgehead atoms. The maximum atomic E-state index is 11.6. The molecule has 0 aromatic heterocycles. The molecule has 0 saturated heterocycles. The first-order valence-corrected chi connectivity index (χ1v) is 12.4. The minimum absolute atomic E-state index is 0. The Balaban J connectivity index is 0. The number of rotatable bonds is 18. The molecule has 162 valence electrons. The van der Waals surface area contributed by atoms with E-state index in [2.05, 4.69) is 13.8 Å². The minimum Gasteiger partial charge on any atom is -0.443 e. The number of hydrogen-bond acceptors (Lipinski definition) is 4. The first-order chi connectivity index (χ1) is 12.8. The summed E-state index contributed by atoms with van der Waals surface area (Å²) in [5.41, 5.74) is -1.43. The quantitative estimate of drug-likeness (QED) is 0.157. The summed E-state index contributed by atoms with van der Waals surface area (Å²) in [6.45, 7) is 6.13. The Morgan fingerprint density at radius 3 is 1.57 bits per heavy atom. The van der Waals surface area contributed by atoms with Crippen molar-refractivity contribution >= 4 is 16.1 Å². The average molecular weight is 430 g/mol. The maximum Gasteiger partial charge on any atom is 1.00 e. The summed E-state index contributed by atoms with van der Waals surface area (Å²) in [6.07, 6.45) is 16.3. The van der Waals surface area contributed by atoms with E-state index in [0.717, 1.165) is 18.8 Å². The minimum atomic E-state index is -4.31. The van der Waals surface area contributed by atoms with Crippen LogP contribution < -0.4 is 29.6 Å². The Hall–Kier alpha value is 0.380. The summed E-state index contributed by atoms with van der Waals surface area (Å²) < 4.78 is 35.7. The second-order valence-corrected chi connectivity index (χ2v) is 9.57. The molecule has 0 aromatic carbocycles. The standard InChI is InChI=1S/C21H42O5S.Na/c1-4-21(27(23,24)25)26-20(22)18-16-14-12-10-8-6-5-7-9-11-13-15-17-19(2)3;/h19,21H,4-18H2,1-3H3,(H,23,24,25);/q;+1. The topological polar surface area (TPSA) is 80.7 Å². The van der Waals surface area contributed by atoms with Gasteiger partial charge in [-0.3, -0.25) is 9.35 Å². The van der Waals surface area contributed by atoms with Crippen LogP contribution in [0.3, 0.4) is 0 Å². The molecule has 7 heteroatoms. The number of hydrogen-bond donors (Lipinski definition) is 1. The summed E-state index contributed by atoms with van der Waals surface area (Å²) in [6, 6.07) is 0. The number of esters is 1. The van der Waals surface area contributed by atoms with Crippen molar-refractivity contribution in [2.45, 2.75) is 123 Å². The van der Waals surface area contributed by atoms with Crippen LogP contribution >= 0.6 is 0 Å². The molecule has 0 aliphatic rings. The van der Waals surface area contributed by atoms with Gasteiger partial charge < -0.3 is 4.74 Å². The van der Waals surface area contributed by atoms with Crippen molar-refractivity contribution in [2.75, 3.05) is 0 Å². The number of unbranched alkanes of at least 4 members (excludes halogenated alkanes) is 11. The molecule has 0 radical (unpaired) electrons. The van der Waals surface area contributed by atoms with Crippen LogP contribution in [0.5, 0.6) is 0 Å². The second kappa shape index (κ2) is 19.3. The molecule has 28 heavy (non-hydrogen) atoms. The van der Waals surface area contributed by atoms with Crippen LogP contribution in [0.2, 0.25) is 0 Å². The molecule has 0 fully saturated rings. The van der Waals surface area contributed by atoms with Gasteiger partial charge in [0.1, 0.15) is 0 Å². The third kappa shape index (κ3) is 19.7. The van der Waals surface area contributed by atoms with Gasteiger partial charge in [0.15, 0.2) is 0 Å². The Bertz CT molecular complexity index is 465. The van der Waals surface area contributed by atoms with Crippen molar-refractivity contribution in [2.24, 2.45) is 5.92 Å². The van der Waals surface area contributed by atoms with Gasteiger partial charge in [0.05, 0.1) is 0 Å². The average Bonchev–Trinajstić information content (AvgIpc) is 2.58.